The highest BCUT2D eigenvalue weighted by atomic mass is 31.2. The third-order valence-corrected chi connectivity index (χ3v) is 7.75. The zero-order valence-corrected chi connectivity index (χ0v) is 13.1. The molecule has 0 spiro atoms. The first-order chi connectivity index (χ1) is 10.1. The van der Waals surface area contributed by atoms with Gasteiger partial charge in [-0.2, -0.15) is 0 Å². The van der Waals surface area contributed by atoms with E-state index in [1.54, 1.807) is 0 Å². The Bertz CT molecular complexity index is 639. The van der Waals surface area contributed by atoms with Crippen LogP contribution in [0.3, 0.4) is 0 Å². The van der Waals surface area contributed by atoms with E-state index in [2.05, 4.69) is 18.8 Å². The molecular weight excluding hydrogens is 277 g/mol. The van der Waals surface area contributed by atoms with Crippen molar-refractivity contribution < 1.29 is 4.57 Å². The Hall–Kier alpha value is -1.63. The van der Waals surface area contributed by atoms with Gasteiger partial charge in [-0.05, 0) is 13.3 Å². The predicted molar refractivity (Wildman–Crippen MR) is 89.9 cm³/mol. The molecule has 0 aliphatic carbocycles. The third kappa shape index (κ3) is 2.39. The second-order valence-electron chi connectivity index (χ2n) is 5.79. The summed E-state index contributed by atoms with van der Waals surface area (Å²) in [6, 6.07) is 19.6. The van der Waals surface area contributed by atoms with Crippen LogP contribution in [0, 0.1) is 0 Å². The average molecular weight is 297 g/mol. The van der Waals surface area contributed by atoms with Gasteiger partial charge in [-0.1, -0.05) is 66.7 Å². The van der Waals surface area contributed by atoms with Crippen molar-refractivity contribution >= 4 is 17.8 Å². The second kappa shape index (κ2) is 5.29. The van der Waals surface area contributed by atoms with Crippen molar-refractivity contribution in [3.63, 3.8) is 0 Å². The fraction of sp³-hybridized carbons (Fsp3) is 0.222. The van der Waals surface area contributed by atoms with E-state index in [0.717, 1.165) is 17.0 Å². The molecule has 2 atom stereocenters. The molecule has 3 rings (SSSR count). The van der Waals surface area contributed by atoms with Crippen molar-refractivity contribution in [2.75, 3.05) is 0 Å². The van der Waals surface area contributed by atoms with Crippen LogP contribution in [0.25, 0.3) is 0 Å². The molecule has 1 fully saturated rings. The third-order valence-electron chi connectivity index (χ3n) is 4.20. The molecular formula is C18H20NOP. The van der Waals surface area contributed by atoms with Gasteiger partial charge in [0.25, 0.3) is 0 Å². The number of hydrogen-bond donors (Lipinski definition) is 1. The van der Waals surface area contributed by atoms with Gasteiger partial charge in [-0.15, -0.1) is 6.58 Å². The maximum atomic E-state index is 14.0. The molecule has 1 aliphatic rings. The number of hydrogen-bond acceptors (Lipinski definition) is 2. The highest BCUT2D eigenvalue weighted by molar-refractivity contribution is 7.79. The molecule has 2 aromatic carbocycles. The molecule has 0 amide bonds. The minimum atomic E-state index is -2.70. The molecule has 0 radical (unpaired) electrons. The Kier molecular flexibility index (Phi) is 3.61. The van der Waals surface area contributed by atoms with Gasteiger partial charge in [0.1, 0.15) is 0 Å². The first-order valence-corrected chi connectivity index (χ1v) is 8.98. The first-order valence-electron chi connectivity index (χ1n) is 7.21. The van der Waals surface area contributed by atoms with Crippen molar-refractivity contribution in [2.45, 2.75) is 24.7 Å². The molecule has 1 aliphatic heterocycles. The van der Waals surface area contributed by atoms with Gasteiger partial charge in [0.15, 0.2) is 7.14 Å². The van der Waals surface area contributed by atoms with Gasteiger partial charge in [0, 0.05) is 16.1 Å². The quantitative estimate of drug-likeness (QED) is 0.522. The van der Waals surface area contributed by atoms with Crippen LogP contribution < -0.4 is 15.9 Å². The Morgan fingerprint density at radius 2 is 1.57 bits per heavy atom. The van der Waals surface area contributed by atoms with E-state index < -0.39 is 7.14 Å². The topological polar surface area (TPSA) is 39.0 Å². The van der Waals surface area contributed by atoms with Gasteiger partial charge in [-0.25, -0.2) is 0 Å². The summed E-state index contributed by atoms with van der Waals surface area (Å²) < 4.78 is 14.0. The van der Waals surface area contributed by atoms with Crippen molar-refractivity contribution in [1.82, 2.24) is 5.32 Å². The molecule has 0 saturated carbocycles. The maximum Gasteiger partial charge on any atom is 0.161 e. The van der Waals surface area contributed by atoms with E-state index in [-0.39, 0.29) is 11.3 Å². The first kappa shape index (κ1) is 14.3. The minimum Gasteiger partial charge on any atom is -0.312 e. The van der Waals surface area contributed by atoms with E-state index in [1.807, 2.05) is 66.7 Å². The smallest absolute Gasteiger partial charge is 0.161 e. The highest BCUT2D eigenvalue weighted by Crippen LogP contribution is 2.58. The standard InChI is InChI=1S/C18H20NOP/c1-3-14-18(2)17(19-18)21(20,15-10-6-4-7-11-15)16-12-8-5-9-13-16/h3-13,17,19H,1,14H2,2H3/t17-,18-/m0/s1. The number of rotatable bonds is 5. The molecule has 3 heteroatoms. The lowest BCUT2D eigenvalue weighted by molar-refractivity contribution is 0.582. The van der Waals surface area contributed by atoms with Crippen LogP contribution in [-0.2, 0) is 4.57 Å². The summed E-state index contributed by atoms with van der Waals surface area (Å²) in [4.78, 5) is 0. The van der Waals surface area contributed by atoms with Crippen molar-refractivity contribution in [3.8, 4) is 0 Å². The molecule has 2 nitrogen and oxygen atoms in total. The van der Waals surface area contributed by atoms with Crippen molar-refractivity contribution in [1.29, 1.82) is 0 Å². The van der Waals surface area contributed by atoms with Gasteiger partial charge >= 0.3 is 0 Å². The fourth-order valence-electron chi connectivity index (χ4n) is 2.98. The molecule has 2 aromatic rings. The number of nitrogens with one attached hydrogen (secondary N) is 1. The lowest BCUT2D eigenvalue weighted by atomic mass is 10.1. The minimum absolute atomic E-state index is 0.0206. The van der Waals surface area contributed by atoms with Crippen LogP contribution >= 0.6 is 7.14 Å². The van der Waals surface area contributed by atoms with Crippen LogP contribution in [-0.4, -0.2) is 11.3 Å². The normalized spacial score (nSPS) is 24.5. The monoisotopic (exact) mass is 297 g/mol. The largest absolute Gasteiger partial charge is 0.312 e. The van der Waals surface area contributed by atoms with Crippen LogP contribution in [0.5, 0.6) is 0 Å². The van der Waals surface area contributed by atoms with E-state index in [0.29, 0.717) is 0 Å². The van der Waals surface area contributed by atoms with E-state index in [1.165, 1.54) is 0 Å². The summed E-state index contributed by atoms with van der Waals surface area (Å²) in [7, 11) is -2.70. The lowest BCUT2D eigenvalue weighted by Gasteiger charge is -2.20. The Morgan fingerprint density at radius 1 is 1.10 bits per heavy atom. The van der Waals surface area contributed by atoms with Gasteiger partial charge in [0.2, 0.25) is 0 Å². The zero-order valence-electron chi connectivity index (χ0n) is 12.2. The molecule has 1 N–H and O–H groups in total. The van der Waals surface area contributed by atoms with Gasteiger partial charge in [-0.3, -0.25) is 5.32 Å². The van der Waals surface area contributed by atoms with Crippen molar-refractivity contribution in [2.24, 2.45) is 0 Å². The molecule has 1 saturated heterocycles. The van der Waals surface area contributed by atoms with E-state index >= 15 is 0 Å². The summed E-state index contributed by atoms with van der Waals surface area (Å²) in [5.74, 6) is -0.0206. The summed E-state index contributed by atoms with van der Waals surface area (Å²) in [5, 5.41) is 5.29. The lowest BCUT2D eigenvalue weighted by Crippen LogP contribution is -2.23. The average Bonchev–Trinajstić information content (AvgIpc) is 3.20. The summed E-state index contributed by atoms with van der Waals surface area (Å²) in [5.41, 5.74) is -0.122. The summed E-state index contributed by atoms with van der Waals surface area (Å²) >= 11 is 0. The van der Waals surface area contributed by atoms with Crippen LogP contribution in [0.1, 0.15) is 13.3 Å². The SMILES string of the molecule is C=CC[C@]1(C)N[C@H]1P(=O)(c1ccccc1)c1ccccc1. The van der Waals surface area contributed by atoms with E-state index in [4.69, 9.17) is 0 Å². The van der Waals surface area contributed by atoms with E-state index in [9.17, 15) is 4.57 Å². The van der Waals surface area contributed by atoms with Gasteiger partial charge in [0.05, 0.1) is 5.78 Å². The molecule has 108 valence electrons. The maximum absolute atomic E-state index is 14.0. The van der Waals surface area contributed by atoms with Crippen LogP contribution in [0.2, 0.25) is 0 Å². The van der Waals surface area contributed by atoms with Gasteiger partial charge < -0.3 is 4.57 Å². The molecule has 1 heterocycles. The fourth-order valence-corrected chi connectivity index (χ4v) is 6.49. The Balaban J connectivity index is 2.10. The molecule has 21 heavy (non-hydrogen) atoms. The van der Waals surface area contributed by atoms with Crippen LogP contribution in [0.15, 0.2) is 73.3 Å². The second-order valence-corrected chi connectivity index (χ2v) is 8.65. The summed E-state index contributed by atoms with van der Waals surface area (Å²) in [6.45, 7) is 5.94. The molecule has 0 bridgehead atoms. The predicted octanol–water partition coefficient (Wildman–Crippen LogP) is 3.26. The Labute approximate surface area is 126 Å². The summed E-state index contributed by atoms with van der Waals surface area (Å²) in [6.07, 6.45) is 2.72. The van der Waals surface area contributed by atoms with Crippen molar-refractivity contribution in [3.05, 3.63) is 73.3 Å². The molecule has 0 aromatic heterocycles. The highest BCUT2D eigenvalue weighted by Gasteiger charge is 2.59. The zero-order chi connectivity index (χ0) is 14.9. The molecule has 0 unspecified atom stereocenters. The van der Waals surface area contributed by atoms with Crippen LogP contribution in [0.4, 0.5) is 0 Å². The Morgan fingerprint density at radius 3 is 2.00 bits per heavy atom. The number of benzene rings is 2.